The number of nitrogens with zero attached hydrogens (tertiary/aromatic N) is 7. The fourth-order valence-electron chi connectivity index (χ4n) is 3.74. The van der Waals surface area contributed by atoms with Crippen LogP contribution in [0.5, 0.6) is 0 Å². The van der Waals surface area contributed by atoms with Gasteiger partial charge in [-0.15, -0.1) is 4.80 Å². The summed E-state index contributed by atoms with van der Waals surface area (Å²) >= 11 is 12.4. The fraction of sp³-hybridized carbons (Fsp3) is 0.333. The summed E-state index contributed by atoms with van der Waals surface area (Å²) in [7, 11) is 0. The largest absolute Gasteiger partial charge is 0.381 e. The number of carbonyl (C=O) groups excluding carboxylic acids is 1. The molecule has 0 aromatic carbocycles. The Morgan fingerprint density at radius 2 is 2.06 bits per heavy atom. The number of amides is 2. The van der Waals surface area contributed by atoms with Crippen LogP contribution < -0.4 is 10.6 Å². The molecule has 0 bridgehead atoms. The maximum atomic E-state index is 12.8. The zero-order chi connectivity index (χ0) is 24.4. The van der Waals surface area contributed by atoms with Gasteiger partial charge in [0.15, 0.2) is 16.6 Å². The highest BCUT2D eigenvalue weighted by molar-refractivity contribution is 6.32. The second kappa shape index (κ2) is 10.1. The van der Waals surface area contributed by atoms with Crippen LogP contribution >= 0.6 is 23.2 Å². The fourth-order valence-corrected chi connectivity index (χ4v) is 4.16. The van der Waals surface area contributed by atoms with Crippen molar-refractivity contribution < 1.29 is 14.3 Å². The van der Waals surface area contributed by atoms with E-state index in [0.29, 0.717) is 47.7 Å². The third kappa shape index (κ3) is 5.20. The molecule has 0 aliphatic carbocycles. The Hall–Kier alpha value is -3.32. The maximum absolute atomic E-state index is 12.8. The summed E-state index contributed by atoms with van der Waals surface area (Å²) in [4.78, 5) is 22.7. The molecule has 14 heteroatoms. The van der Waals surface area contributed by atoms with Gasteiger partial charge in [0.1, 0.15) is 0 Å². The highest BCUT2D eigenvalue weighted by Crippen LogP contribution is 2.28. The van der Waals surface area contributed by atoms with Gasteiger partial charge in [-0.25, -0.2) is 19.3 Å². The van der Waals surface area contributed by atoms with E-state index < -0.39 is 12.1 Å². The number of halogens is 2. The second-order valence-corrected chi connectivity index (χ2v) is 8.72. The number of rotatable bonds is 7. The highest BCUT2D eigenvalue weighted by Gasteiger charge is 2.23. The average molecular weight is 518 g/mol. The van der Waals surface area contributed by atoms with Crippen molar-refractivity contribution in [3.05, 3.63) is 52.8 Å². The predicted molar refractivity (Wildman–Crippen MR) is 128 cm³/mol. The summed E-state index contributed by atoms with van der Waals surface area (Å²) in [5.74, 6) is 0.668. The van der Waals surface area contributed by atoms with Crippen LogP contribution in [0.25, 0.3) is 11.5 Å². The number of hydrogen-bond donors (Lipinski definition) is 2. The minimum Gasteiger partial charge on any atom is -0.381 e. The van der Waals surface area contributed by atoms with Crippen LogP contribution in [0.1, 0.15) is 25.1 Å². The van der Waals surface area contributed by atoms with Crippen molar-refractivity contribution in [3.63, 3.8) is 0 Å². The van der Waals surface area contributed by atoms with Crippen LogP contribution in [-0.4, -0.2) is 60.4 Å². The van der Waals surface area contributed by atoms with Gasteiger partial charge in [0.25, 0.3) is 0 Å². The van der Waals surface area contributed by atoms with Gasteiger partial charge in [0, 0.05) is 18.6 Å². The lowest BCUT2D eigenvalue weighted by molar-refractivity contribution is 0.0328. The summed E-state index contributed by atoms with van der Waals surface area (Å²) in [6, 6.07) is 2.67. The van der Waals surface area contributed by atoms with Crippen molar-refractivity contribution in [1.29, 1.82) is 0 Å². The van der Waals surface area contributed by atoms with Crippen LogP contribution in [0.3, 0.4) is 0 Å². The van der Waals surface area contributed by atoms with E-state index in [1.807, 2.05) is 6.92 Å². The Bertz CT molecular complexity index is 1340. The van der Waals surface area contributed by atoms with Gasteiger partial charge in [0.2, 0.25) is 0 Å². The smallest absolute Gasteiger partial charge is 0.323 e. The molecule has 1 aliphatic rings. The number of nitrogens with one attached hydrogen (secondary N) is 2. The molecule has 5 heterocycles. The van der Waals surface area contributed by atoms with Crippen molar-refractivity contribution in [2.24, 2.45) is 5.92 Å². The van der Waals surface area contributed by atoms with Crippen LogP contribution in [0.15, 0.2) is 36.9 Å². The molecule has 4 aromatic rings. The molecule has 0 radical (unpaired) electrons. The first-order valence-electron chi connectivity index (χ1n) is 10.8. The van der Waals surface area contributed by atoms with E-state index in [-0.39, 0.29) is 10.2 Å². The molecular weight excluding hydrogens is 497 g/mol. The molecule has 1 fully saturated rings. The number of urea groups is 1. The normalized spacial score (nSPS) is 16.5. The van der Waals surface area contributed by atoms with E-state index in [4.69, 9.17) is 32.7 Å². The molecule has 182 valence electrons. The van der Waals surface area contributed by atoms with Crippen molar-refractivity contribution in [2.45, 2.75) is 19.4 Å². The standard InChI is InChI=1S/C21H21Cl2N9O3/c1-12(35-11-13-2-5-34-10-13)19-16(9-24-18-7-17(23)30-31(18)19)29-21(33)28-14-6-15(22)20(25-8-14)32-26-3-4-27-32/h3-4,6-9,12-13H,2,5,10-11H2,1H3,(H2,28,29,33)/t12?,13-/m1/s1. The van der Waals surface area contributed by atoms with Gasteiger partial charge in [-0.1, -0.05) is 23.2 Å². The van der Waals surface area contributed by atoms with Crippen molar-refractivity contribution in [1.82, 2.24) is 34.6 Å². The molecule has 4 aromatic heterocycles. The van der Waals surface area contributed by atoms with Crippen LogP contribution in [0.2, 0.25) is 10.2 Å². The number of fused-ring (bicyclic) bond motifs is 1. The molecule has 1 unspecified atom stereocenters. The summed E-state index contributed by atoms with van der Waals surface area (Å²) in [5, 5.41) is 18.4. The van der Waals surface area contributed by atoms with Gasteiger partial charge in [-0.3, -0.25) is 0 Å². The second-order valence-electron chi connectivity index (χ2n) is 7.93. The maximum Gasteiger partial charge on any atom is 0.323 e. The number of hydrogen-bond acceptors (Lipinski definition) is 8. The van der Waals surface area contributed by atoms with E-state index in [9.17, 15) is 4.79 Å². The van der Waals surface area contributed by atoms with E-state index in [0.717, 1.165) is 13.0 Å². The molecule has 35 heavy (non-hydrogen) atoms. The molecule has 2 amide bonds. The highest BCUT2D eigenvalue weighted by atomic mass is 35.5. The lowest BCUT2D eigenvalue weighted by Gasteiger charge is -2.20. The minimum absolute atomic E-state index is 0.270. The topological polar surface area (TPSA) is 133 Å². The Kier molecular flexibility index (Phi) is 6.77. The molecule has 12 nitrogen and oxygen atoms in total. The van der Waals surface area contributed by atoms with Crippen molar-refractivity contribution >= 4 is 46.3 Å². The zero-order valence-electron chi connectivity index (χ0n) is 18.6. The number of pyridine rings is 1. The van der Waals surface area contributed by atoms with Gasteiger partial charge in [-0.05, 0) is 19.4 Å². The Morgan fingerprint density at radius 3 is 2.80 bits per heavy atom. The lowest BCUT2D eigenvalue weighted by Crippen LogP contribution is -2.23. The monoisotopic (exact) mass is 517 g/mol. The molecule has 1 saturated heterocycles. The molecular formula is C21H21Cl2N9O3. The minimum atomic E-state index is -0.523. The van der Waals surface area contributed by atoms with E-state index in [2.05, 4.69) is 35.9 Å². The van der Waals surface area contributed by atoms with Crippen LogP contribution in [0.4, 0.5) is 16.2 Å². The number of aromatic nitrogens is 7. The first-order chi connectivity index (χ1) is 17.0. The number of anilines is 2. The van der Waals surface area contributed by atoms with Gasteiger partial charge >= 0.3 is 6.03 Å². The lowest BCUT2D eigenvalue weighted by atomic mass is 10.1. The summed E-state index contributed by atoms with van der Waals surface area (Å²) < 4.78 is 13.1. The van der Waals surface area contributed by atoms with Crippen molar-refractivity contribution in [3.8, 4) is 5.82 Å². The summed E-state index contributed by atoms with van der Waals surface area (Å²) in [5.41, 5.74) is 1.94. The summed E-state index contributed by atoms with van der Waals surface area (Å²) in [6.45, 7) is 3.82. The summed E-state index contributed by atoms with van der Waals surface area (Å²) in [6.07, 6.45) is 6.56. The Morgan fingerprint density at radius 1 is 1.23 bits per heavy atom. The third-order valence-electron chi connectivity index (χ3n) is 5.42. The van der Waals surface area contributed by atoms with E-state index >= 15 is 0 Å². The van der Waals surface area contributed by atoms with Gasteiger partial charge in [-0.2, -0.15) is 15.3 Å². The SMILES string of the molecule is CC(OC[C@@H]1CCOC1)c1c(NC(=O)Nc2cnc(-n3nccn3)c(Cl)c2)cnc2cc(Cl)nn12. The van der Waals surface area contributed by atoms with Crippen LogP contribution in [-0.2, 0) is 9.47 Å². The first kappa shape index (κ1) is 23.4. The zero-order valence-corrected chi connectivity index (χ0v) is 20.1. The van der Waals surface area contributed by atoms with Gasteiger partial charge < -0.3 is 20.1 Å². The van der Waals surface area contributed by atoms with Crippen molar-refractivity contribution in [2.75, 3.05) is 30.5 Å². The molecule has 1 aliphatic heterocycles. The molecule has 5 rings (SSSR count). The Labute approximate surface area is 209 Å². The third-order valence-corrected chi connectivity index (χ3v) is 5.88. The van der Waals surface area contributed by atoms with E-state index in [1.54, 1.807) is 22.8 Å². The first-order valence-corrected chi connectivity index (χ1v) is 11.6. The molecule has 0 spiro atoms. The molecule has 0 saturated carbocycles. The van der Waals surface area contributed by atoms with Gasteiger partial charge in [0.05, 0.1) is 66.2 Å². The average Bonchev–Trinajstić information content (AvgIpc) is 3.59. The quantitative estimate of drug-likeness (QED) is 0.378. The number of ether oxygens (including phenoxy) is 2. The number of carbonyl (C=O) groups is 1. The van der Waals surface area contributed by atoms with Crippen LogP contribution in [0, 0.1) is 5.92 Å². The Balaban J connectivity index is 1.34. The van der Waals surface area contributed by atoms with E-state index in [1.165, 1.54) is 23.4 Å². The molecule has 2 atom stereocenters. The molecule has 2 N–H and O–H groups in total. The predicted octanol–water partition coefficient (Wildman–Crippen LogP) is 3.77.